The molecule has 1 aromatic carbocycles. The zero-order valence-corrected chi connectivity index (χ0v) is 11.2. The molecule has 1 amide bonds. The van der Waals surface area contributed by atoms with Crippen LogP contribution in [0.5, 0.6) is 0 Å². The molecule has 1 fully saturated rings. The Bertz CT molecular complexity index is 393. The van der Waals surface area contributed by atoms with E-state index in [1.165, 1.54) is 18.4 Å². The van der Waals surface area contributed by atoms with Gasteiger partial charge in [0.05, 0.1) is 0 Å². The fourth-order valence-corrected chi connectivity index (χ4v) is 2.36. The maximum absolute atomic E-state index is 12.0. The van der Waals surface area contributed by atoms with E-state index in [2.05, 4.69) is 17.6 Å². The van der Waals surface area contributed by atoms with Gasteiger partial charge in [0.15, 0.2) is 0 Å². The highest BCUT2D eigenvalue weighted by atomic mass is 16.2. The Kier molecular flexibility index (Phi) is 4.24. The molecule has 2 rings (SSSR count). The van der Waals surface area contributed by atoms with E-state index in [0.29, 0.717) is 6.04 Å². The molecule has 1 saturated carbocycles. The van der Waals surface area contributed by atoms with Crippen molar-refractivity contribution in [2.45, 2.75) is 51.6 Å². The molecule has 0 aliphatic heterocycles. The Morgan fingerprint density at radius 2 is 1.83 bits per heavy atom. The van der Waals surface area contributed by atoms with Crippen molar-refractivity contribution in [3.8, 4) is 0 Å². The second-order valence-electron chi connectivity index (χ2n) is 5.22. The van der Waals surface area contributed by atoms with Crippen molar-refractivity contribution in [3.63, 3.8) is 0 Å². The van der Waals surface area contributed by atoms with Gasteiger partial charge in [-0.3, -0.25) is 4.79 Å². The zero-order chi connectivity index (χ0) is 13.0. The molecule has 18 heavy (non-hydrogen) atoms. The van der Waals surface area contributed by atoms with Crippen LogP contribution in [0.15, 0.2) is 24.3 Å². The van der Waals surface area contributed by atoms with Crippen LogP contribution >= 0.6 is 0 Å². The minimum atomic E-state index is -0.187. The van der Waals surface area contributed by atoms with Gasteiger partial charge >= 0.3 is 0 Å². The third kappa shape index (κ3) is 3.49. The summed E-state index contributed by atoms with van der Waals surface area (Å²) in [7, 11) is 0. The maximum atomic E-state index is 12.0. The second-order valence-corrected chi connectivity index (χ2v) is 5.22. The van der Waals surface area contributed by atoms with Crippen LogP contribution in [0.25, 0.3) is 0 Å². The average Bonchev–Trinajstić information content (AvgIpc) is 2.85. The van der Waals surface area contributed by atoms with E-state index in [9.17, 15) is 4.79 Å². The summed E-state index contributed by atoms with van der Waals surface area (Å²) in [5.74, 6) is 0.0995. The molecular weight excluding hydrogens is 224 g/mol. The zero-order valence-electron chi connectivity index (χ0n) is 11.2. The van der Waals surface area contributed by atoms with E-state index in [-0.39, 0.29) is 11.9 Å². The van der Waals surface area contributed by atoms with Crippen molar-refractivity contribution < 1.29 is 4.79 Å². The molecule has 3 nitrogen and oxygen atoms in total. The van der Waals surface area contributed by atoms with Gasteiger partial charge in [-0.2, -0.15) is 0 Å². The van der Waals surface area contributed by atoms with Gasteiger partial charge in [-0.1, -0.05) is 30.5 Å². The third-order valence-electron chi connectivity index (χ3n) is 3.53. The predicted molar refractivity (Wildman–Crippen MR) is 74.7 cm³/mol. The Balaban J connectivity index is 1.84. The normalized spacial score (nSPS) is 17.4. The summed E-state index contributed by atoms with van der Waals surface area (Å²) in [5.41, 5.74) is 2.22. The number of aryl methyl sites for hydroxylation is 1. The van der Waals surface area contributed by atoms with Crippen LogP contribution in [0.4, 0.5) is 5.69 Å². The van der Waals surface area contributed by atoms with E-state index in [0.717, 1.165) is 18.5 Å². The summed E-state index contributed by atoms with van der Waals surface area (Å²) in [6.45, 7) is 3.96. The molecule has 0 radical (unpaired) electrons. The van der Waals surface area contributed by atoms with Crippen molar-refractivity contribution in [2.24, 2.45) is 0 Å². The Hall–Kier alpha value is -1.51. The lowest BCUT2D eigenvalue weighted by Gasteiger charge is -2.18. The fourth-order valence-electron chi connectivity index (χ4n) is 2.36. The van der Waals surface area contributed by atoms with Crippen LogP contribution < -0.4 is 10.6 Å². The summed E-state index contributed by atoms with van der Waals surface area (Å²) in [4.78, 5) is 12.0. The maximum Gasteiger partial charge on any atom is 0.242 e. The first-order valence-electron chi connectivity index (χ1n) is 6.79. The highest BCUT2D eigenvalue weighted by Gasteiger charge is 2.20. The number of nitrogens with one attached hydrogen (secondary N) is 2. The molecule has 1 aliphatic rings. The first-order valence-corrected chi connectivity index (χ1v) is 6.79. The van der Waals surface area contributed by atoms with Gasteiger partial charge in [-0.25, -0.2) is 0 Å². The Labute approximate surface area is 109 Å². The lowest BCUT2D eigenvalue weighted by Crippen LogP contribution is -2.42. The van der Waals surface area contributed by atoms with Crippen molar-refractivity contribution in [3.05, 3.63) is 29.8 Å². The lowest BCUT2D eigenvalue weighted by molar-refractivity contribution is -0.122. The minimum absolute atomic E-state index is 0.0995. The summed E-state index contributed by atoms with van der Waals surface area (Å²) in [5, 5.41) is 6.34. The van der Waals surface area contributed by atoms with E-state index in [1.54, 1.807) is 0 Å². The van der Waals surface area contributed by atoms with Crippen molar-refractivity contribution in [1.29, 1.82) is 0 Å². The van der Waals surface area contributed by atoms with Crippen LogP contribution in [0, 0.1) is 6.92 Å². The van der Waals surface area contributed by atoms with Crippen molar-refractivity contribution in [2.75, 3.05) is 5.32 Å². The quantitative estimate of drug-likeness (QED) is 0.857. The first kappa shape index (κ1) is 12.9. The van der Waals surface area contributed by atoms with Gasteiger partial charge in [0.25, 0.3) is 0 Å². The molecule has 0 saturated heterocycles. The molecular formula is C15H22N2O. The average molecular weight is 246 g/mol. The van der Waals surface area contributed by atoms with Crippen LogP contribution in [-0.2, 0) is 4.79 Å². The molecule has 98 valence electrons. The number of carbonyl (C=O) groups is 1. The van der Waals surface area contributed by atoms with Crippen LogP contribution in [0.3, 0.4) is 0 Å². The highest BCUT2D eigenvalue weighted by molar-refractivity contribution is 5.84. The smallest absolute Gasteiger partial charge is 0.242 e. The minimum Gasteiger partial charge on any atom is -0.374 e. The van der Waals surface area contributed by atoms with Gasteiger partial charge < -0.3 is 10.6 Å². The third-order valence-corrected chi connectivity index (χ3v) is 3.53. The molecule has 0 bridgehead atoms. The molecule has 0 spiro atoms. The summed E-state index contributed by atoms with van der Waals surface area (Å²) < 4.78 is 0. The fraction of sp³-hybridized carbons (Fsp3) is 0.533. The molecule has 1 aliphatic carbocycles. The number of benzene rings is 1. The topological polar surface area (TPSA) is 41.1 Å². The van der Waals surface area contributed by atoms with E-state index >= 15 is 0 Å². The lowest BCUT2D eigenvalue weighted by atomic mass is 10.2. The largest absolute Gasteiger partial charge is 0.374 e. The molecule has 0 heterocycles. The molecule has 0 aromatic heterocycles. The number of hydrogen-bond donors (Lipinski definition) is 2. The van der Waals surface area contributed by atoms with E-state index in [1.807, 2.05) is 31.2 Å². The molecule has 1 aromatic rings. The highest BCUT2D eigenvalue weighted by Crippen LogP contribution is 2.18. The predicted octanol–water partition coefficient (Wildman–Crippen LogP) is 2.85. The van der Waals surface area contributed by atoms with Crippen molar-refractivity contribution >= 4 is 11.6 Å². The van der Waals surface area contributed by atoms with E-state index < -0.39 is 0 Å². The number of rotatable bonds is 4. The molecule has 1 atom stereocenters. The van der Waals surface area contributed by atoms with Gasteiger partial charge in [-0.15, -0.1) is 0 Å². The van der Waals surface area contributed by atoms with Gasteiger partial charge in [0.1, 0.15) is 6.04 Å². The van der Waals surface area contributed by atoms with Gasteiger partial charge in [-0.05, 0) is 38.8 Å². The van der Waals surface area contributed by atoms with Crippen molar-refractivity contribution in [1.82, 2.24) is 5.32 Å². The Morgan fingerprint density at radius 1 is 1.22 bits per heavy atom. The van der Waals surface area contributed by atoms with Crippen LogP contribution in [-0.4, -0.2) is 18.0 Å². The number of anilines is 1. The molecule has 2 N–H and O–H groups in total. The summed E-state index contributed by atoms with van der Waals surface area (Å²) in [6, 6.07) is 8.31. The van der Waals surface area contributed by atoms with E-state index in [4.69, 9.17) is 0 Å². The van der Waals surface area contributed by atoms with Crippen LogP contribution in [0.1, 0.15) is 38.2 Å². The monoisotopic (exact) mass is 246 g/mol. The number of hydrogen-bond acceptors (Lipinski definition) is 2. The first-order chi connectivity index (χ1) is 8.65. The standard InChI is InChI=1S/C15H22N2O/c1-11-7-9-14(10-8-11)16-12(2)15(18)17-13-5-3-4-6-13/h7-10,12-13,16H,3-6H2,1-2H3,(H,17,18)/t12-/m0/s1. The van der Waals surface area contributed by atoms with Crippen LogP contribution in [0.2, 0.25) is 0 Å². The molecule has 0 unspecified atom stereocenters. The number of amides is 1. The summed E-state index contributed by atoms with van der Waals surface area (Å²) in [6.07, 6.45) is 4.74. The molecule has 3 heteroatoms. The van der Waals surface area contributed by atoms with Gasteiger partial charge in [0, 0.05) is 11.7 Å². The summed E-state index contributed by atoms with van der Waals surface area (Å²) >= 11 is 0. The second kappa shape index (κ2) is 5.89. The SMILES string of the molecule is Cc1ccc(N[C@@H](C)C(=O)NC2CCCC2)cc1. The van der Waals surface area contributed by atoms with Gasteiger partial charge in [0.2, 0.25) is 5.91 Å². The Morgan fingerprint density at radius 3 is 2.44 bits per heavy atom. The number of carbonyl (C=O) groups excluding carboxylic acids is 1.